The molecule has 0 bridgehead atoms. The average molecular weight is 258 g/mol. The lowest BCUT2D eigenvalue weighted by atomic mass is 9.72. The van der Waals surface area contributed by atoms with E-state index in [-0.39, 0.29) is 0 Å². The lowest BCUT2D eigenvalue weighted by molar-refractivity contribution is 0.239. The van der Waals surface area contributed by atoms with Gasteiger partial charge in [-0.3, -0.25) is 4.68 Å². The van der Waals surface area contributed by atoms with Gasteiger partial charge in [0.25, 0.3) is 0 Å². The summed E-state index contributed by atoms with van der Waals surface area (Å²) in [7, 11) is 4.04. The van der Waals surface area contributed by atoms with E-state index in [0.717, 1.165) is 16.9 Å². The molecule has 1 heterocycles. The van der Waals surface area contributed by atoms with Gasteiger partial charge in [0.2, 0.25) is 0 Å². The number of hydrogen-bond acceptors (Lipinski definition) is 2. The molecule has 1 aromatic rings. The zero-order valence-electron chi connectivity index (χ0n) is 8.63. The van der Waals surface area contributed by atoms with Gasteiger partial charge in [-0.15, -0.1) is 0 Å². The summed E-state index contributed by atoms with van der Waals surface area (Å²) in [5.41, 5.74) is 1.36. The number of rotatable bonds is 3. The number of aromatic nitrogens is 2. The Bertz CT molecular complexity index is 302. The fraction of sp³-hybridized carbons (Fsp3) is 0.700. The van der Waals surface area contributed by atoms with E-state index >= 15 is 0 Å². The van der Waals surface area contributed by atoms with Gasteiger partial charge in [-0.1, -0.05) is 0 Å². The minimum Gasteiger partial charge on any atom is -0.319 e. The van der Waals surface area contributed by atoms with Gasteiger partial charge in [-0.05, 0) is 48.3 Å². The maximum Gasteiger partial charge on any atom is 0.0635 e. The van der Waals surface area contributed by atoms with Crippen LogP contribution >= 0.6 is 15.9 Å². The van der Waals surface area contributed by atoms with Gasteiger partial charge in [-0.2, -0.15) is 5.10 Å². The number of nitrogens with zero attached hydrogens (tertiary/aromatic N) is 2. The Morgan fingerprint density at radius 3 is 2.86 bits per heavy atom. The fourth-order valence-corrected chi connectivity index (χ4v) is 2.92. The lowest BCUT2D eigenvalue weighted by Gasteiger charge is -2.36. The average Bonchev–Trinajstić information content (AvgIpc) is 2.44. The molecule has 0 saturated heterocycles. The molecule has 1 saturated carbocycles. The molecule has 1 aromatic heterocycles. The maximum atomic E-state index is 4.26. The maximum absolute atomic E-state index is 4.26. The summed E-state index contributed by atoms with van der Waals surface area (Å²) in [5.74, 6) is 1.47. The van der Waals surface area contributed by atoms with E-state index in [2.05, 4.69) is 26.3 Å². The van der Waals surface area contributed by atoms with Gasteiger partial charge in [0.1, 0.15) is 0 Å². The number of halogens is 1. The van der Waals surface area contributed by atoms with Gasteiger partial charge in [0, 0.05) is 13.0 Å². The van der Waals surface area contributed by atoms with Crippen molar-refractivity contribution in [2.45, 2.75) is 18.8 Å². The Hall–Kier alpha value is -0.350. The van der Waals surface area contributed by atoms with Crippen molar-refractivity contribution in [1.82, 2.24) is 15.1 Å². The van der Waals surface area contributed by atoms with Gasteiger partial charge >= 0.3 is 0 Å². The molecule has 0 spiro atoms. The first-order valence-electron chi connectivity index (χ1n) is 5.06. The molecule has 78 valence electrons. The predicted molar refractivity (Wildman–Crippen MR) is 60.3 cm³/mol. The Kier molecular flexibility index (Phi) is 2.93. The Labute approximate surface area is 93.0 Å². The molecule has 0 aliphatic heterocycles. The summed E-state index contributed by atoms with van der Waals surface area (Å²) in [6.45, 7) is 1.11. The molecule has 1 fully saturated rings. The van der Waals surface area contributed by atoms with Gasteiger partial charge in [0.15, 0.2) is 0 Å². The first-order chi connectivity index (χ1) is 6.74. The fourth-order valence-electron chi connectivity index (χ4n) is 2.27. The zero-order chi connectivity index (χ0) is 10.1. The van der Waals surface area contributed by atoms with E-state index in [4.69, 9.17) is 0 Å². The van der Waals surface area contributed by atoms with Crippen LogP contribution in [0.25, 0.3) is 0 Å². The Morgan fingerprint density at radius 2 is 2.43 bits per heavy atom. The number of nitrogens with one attached hydrogen (secondary N) is 1. The first kappa shape index (κ1) is 10.2. The monoisotopic (exact) mass is 257 g/mol. The highest BCUT2D eigenvalue weighted by molar-refractivity contribution is 9.10. The summed E-state index contributed by atoms with van der Waals surface area (Å²) in [4.78, 5) is 0. The molecule has 2 atom stereocenters. The van der Waals surface area contributed by atoms with Crippen LogP contribution in [-0.2, 0) is 7.05 Å². The van der Waals surface area contributed by atoms with Crippen molar-refractivity contribution in [3.8, 4) is 0 Å². The molecule has 3 nitrogen and oxygen atoms in total. The second-order valence-electron chi connectivity index (χ2n) is 4.00. The SMILES string of the molecule is CNCC1CCC1c1c(Br)cnn1C. The van der Waals surface area contributed by atoms with Crippen molar-refractivity contribution in [2.75, 3.05) is 13.6 Å². The topological polar surface area (TPSA) is 29.9 Å². The molecule has 1 aliphatic rings. The molecule has 4 heteroatoms. The van der Waals surface area contributed by atoms with E-state index < -0.39 is 0 Å². The lowest BCUT2D eigenvalue weighted by Crippen LogP contribution is -2.33. The smallest absolute Gasteiger partial charge is 0.0635 e. The minimum atomic E-state index is 0.685. The molecule has 0 aromatic carbocycles. The van der Waals surface area contributed by atoms with Crippen LogP contribution in [0.2, 0.25) is 0 Å². The van der Waals surface area contributed by atoms with Crippen LogP contribution in [0.1, 0.15) is 24.5 Å². The van der Waals surface area contributed by atoms with Gasteiger partial charge in [-0.25, -0.2) is 0 Å². The molecule has 2 unspecified atom stereocenters. The van der Waals surface area contributed by atoms with Crippen LogP contribution in [0.3, 0.4) is 0 Å². The van der Waals surface area contributed by atoms with Crippen LogP contribution in [-0.4, -0.2) is 23.4 Å². The highest BCUT2D eigenvalue weighted by Gasteiger charge is 2.34. The Morgan fingerprint density at radius 1 is 1.64 bits per heavy atom. The van der Waals surface area contributed by atoms with E-state index in [1.165, 1.54) is 18.5 Å². The van der Waals surface area contributed by atoms with E-state index in [1.54, 1.807) is 0 Å². The standard InChI is InChI=1S/C10H16BrN3/c1-12-5-7-3-4-8(7)10-9(11)6-13-14(10)2/h6-8,12H,3-5H2,1-2H3. The third kappa shape index (κ3) is 1.61. The second-order valence-corrected chi connectivity index (χ2v) is 4.86. The molecule has 14 heavy (non-hydrogen) atoms. The summed E-state index contributed by atoms with van der Waals surface area (Å²) < 4.78 is 3.15. The van der Waals surface area contributed by atoms with Gasteiger partial charge < -0.3 is 5.32 Å². The van der Waals surface area contributed by atoms with Crippen molar-refractivity contribution in [1.29, 1.82) is 0 Å². The summed E-state index contributed by atoms with van der Waals surface area (Å²) in [6, 6.07) is 0. The van der Waals surface area contributed by atoms with E-state index in [9.17, 15) is 0 Å². The molecular weight excluding hydrogens is 242 g/mol. The second kappa shape index (κ2) is 4.03. The summed E-state index contributed by atoms with van der Waals surface area (Å²) >= 11 is 3.57. The molecular formula is C10H16BrN3. The zero-order valence-corrected chi connectivity index (χ0v) is 10.2. The quantitative estimate of drug-likeness (QED) is 0.897. The predicted octanol–water partition coefficient (Wildman–Crippen LogP) is 1.90. The van der Waals surface area contributed by atoms with Crippen LogP contribution in [0.15, 0.2) is 10.7 Å². The van der Waals surface area contributed by atoms with Crippen LogP contribution in [0.5, 0.6) is 0 Å². The van der Waals surface area contributed by atoms with Gasteiger partial charge in [0.05, 0.1) is 16.4 Å². The summed E-state index contributed by atoms with van der Waals surface area (Å²) in [5, 5.41) is 7.52. The van der Waals surface area contributed by atoms with Crippen molar-refractivity contribution >= 4 is 15.9 Å². The van der Waals surface area contributed by atoms with Crippen LogP contribution < -0.4 is 5.32 Å². The molecule has 1 N–H and O–H groups in total. The number of aryl methyl sites for hydroxylation is 1. The third-order valence-electron chi connectivity index (χ3n) is 3.17. The van der Waals surface area contributed by atoms with Crippen LogP contribution in [0, 0.1) is 5.92 Å². The third-order valence-corrected chi connectivity index (χ3v) is 3.78. The van der Waals surface area contributed by atoms with Crippen molar-refractivity contribution in [2.24, 2.45) is 13.0 Å². The summed E-state index contributed by atoms with van der Waals surface area (Å²) in [6.07, 6.45) is 4.53. The van der Waals surface area contributed by atoms with Crippen molar-refractivity contribution in [3.63, 3.8) is 0 Å². The van der Waals surface area contributed by atoms with Crippen molar-refractivity contribution in [3.05, 3.63) is 16.4 Å². The minimum absolute atomic E-state index is 0.685. The molecule has 0 radical (unpaired) electrons. The van der Waals surface area contributed by atoms with E-state index in [1.807, 2.05) is 25.0 Å². The molecule has 0 amide bonds. The first-order valence-corrected chi connectivity index (χ1v) is 5.85. The van der Waals surface area contributed by atoms with E-state index in [0.29, 0.717) is 5.92 Å². The Balaban J connectivity index is 2.15. The highest BCUT2D eigenvalue weighted by Crippen LogP contribution is 2.44. The highest BCUT2D eigenvalue weighted by atomic mass is 79.9. The number of hydrogen-bond donors (Lipinski definition) is 1. The molecule has 2 rings (SSSR count). The normalized spacial score (nSPS) is 26.2. The molecule has 1 aliphatic carbocycles. The van der Waals surface area contributed by atoms with Crippen LogP contribution in [0.4, 0.5) is 0 Å². The largest absolute Gasteiger partial charge is 0.319 e. The van der Waals surface area contributed by atoms with Crippen molar-refractivity contribution < 1.29 is 0 Å².